The first-order valence-electron chi connectivity index (χ1n) is 13.2. The van der Waals surface area contributed by atoms with Crippen molar-refractivity contribution in [3.63, 3.8) is 0 Å². The van der Waals surface area contributed by atoms with Crippen molar-refractivity contribution < 1.29 is 32.7 Å². The maximum Gasteiger partial charge on any atom is 0.451 e. The minimum atomic E-state index is -4.00. The quantitative estimate of drug-likeness (QED) is 0.149. The van der Waals surface area contributed by atoms with Crippen molar-refractivity contribution in [2.75, 3.05) is 0 Å². The molecule has 1 unspecified atom stereocenters. The molecule has 12 heteroatoms. The number of guanidine groups is 1. The third kappa shape index (κ3) is 10.6. The van der Waals surface area contributed by atoms with E-state index in [1.54, 1.807) is 126 Å². The summed E-state index contributed by atoms with van der Waals surface area (Å²) in [6.45, 7) is 10.2. The molecule has 4 N–H and O–H groups in total. The number of nitrogens with two attached hydrogens (primary N) is 1. The minimum absolute atomic E-state index is 0.221. The van der Waals surface area contributed by atoms with Gasteiger partial charge in [-0.25, -0.2) is 19.1 Å². The molecule has 0 saturated heterocycles. The van der Waals surface area contributed by atoms with Crippen LogP contribution in [0.3, 0.4) is 0 Å². The van der Waals surface area contributed by atoms with Crippen molar-refractivity contribution in [1.29, 1.82) is 0 Å². The second-order valence-electron chi connectivity index (χ2n) is 11.1. The maximum absolute atomic E-state index is 14.1. The Bertz CT molecular complexity index is 1340. The number of carbonyl (C=O) groups is 2. The summed E-state index contributed by atoms with van der Waals surface area (Å²) in [5, 5.41) is 4.85. The topological polar surface area (TPSA) is 151 Å². The van der Waals surface area contributed by atoms with E-state index in [9.17, 15) is 14.2 Å². The molecular formula is C30H37N4O7P. The first kappa shape index (κ1) is 32.2. The molecule has 0 aliphatic heterocycles. The van der Waals surface area contributed by atoms with Gasteiger partial charge in [-0.15, -0.1) is 0 Å². The third-order valence-corrected chi connectivity index (χ3v) is 6.92. The van der Waals surface area contributed by atoms with Crippen LogP contribution in [-0.4, -0.2) is 29.3 Å². The molecule has 0 saturated carbocycles. The molecule has 42 heavy (non-hydrogen) atoms. The van der Waals surface area contributed by atoms with Crippen molar-refractivity contribution in [1.82, 2.24) is 10.6 Å². The fourth-order valence-corrected chi connectivity index (χ4v) is 4.97. The number of para-hydroxylation sites is 2. The number of carbonyl (C=O) groups excluding carboxylic acids is 2. The van der Waals surface area contributed by atoms with Crippen LogP contribution in [0, 0.1) is 0 Å². The van der Waals surface area contributed by atoms with Crippen molar-refractivity contribution >= 4 is 31.4 Å². The van der Waals surface area contributed by atoms with Crippen LogP contribution in [0.25, 0.3) is 0 Å². The first-order valence-corrected chi connectivity index (χ1v) is 14.8. The molecule has 0 aliphatic rings. The van der Waals surface area contributed by atoms with Gasteiger partial charge < -0.3 is 24.3 Å². The third-order valence-electron chi connectivity index (χ3n) is 5.01. The summed E-state index contributed by atoms with van der Waals surface area (Å²) < 4.78 is 36.3. The van der Waals surface area contributed by atoms with Crippen LogP contribution < -0.4 is 25.4 Å². The van der Waals surface area contributed by atoms with Crippen LogP contribution in [-0.2, 0) is 14.0 Å². The number of ether oxygens (including phenoxy) is 2. The predicted molar refractivity (Wildman–Crippen MR) is 161 cm³/mol. The van der Waals surface area contributed by atoms with Gasteiger partial charge in [-0.1, -0.05) is 48.5 Å². The van der Waals surface area contributed by atoms with Crippen LogP contribution in [0.1, 0.15) is 52.9 Å². The fourth-order valence-electron chi connectivity index (χ4n) is 3.33. The number of aliphatic imine (C=N–C) groups is 1. The van der Waals surface area contributed by atoms with E-state index >= 15 is 0 Å². The highest BCUT2D eigenvalue weighted by atomic mass is 31.2. The van der Waals surface area contributed by atoms with Crippen LogP contribution in [0.4, 0.5) is 15.3 Å². The number of amides is 2. The van der Waals surface area contributed by atoms with Crippen molar-refractivity contribution in [2.45, 2.75) is 58.5 Å². The van der Waals surface area contributed by atoms with Gasteiger partial charge in [0, 0.05) is 0 Å². The van der Waals surface area contributed by atoms with Crippen LogP contribution in [0.2, 0.25) is 0 Å². The lowest BCUT2D eigenvalue weighted by atomic mass is 10.2. The summed E-state index contributed by atoms with van der Waals surface area (Å²) in [6, 6.07) is 23.5. The van der Waals surface area contributed by atoms with E-state index in [4.69, 9.17) is 24.3 Å². The Morgan fingerprint density at radius 3 is 1.50 bits per heavy atom. The normalized spacial score (nSPS) is 12.4. The van der Waals surface area contributed by atoms with Gasteiger partial charge in [0.25, 0.3) is 0 Å². The number of hydrogen-bond donors (Lipinski definition) is 3. The van der Waals surface area contributed by atoms with Gasteiger partial charge in [0.05, 0.1) is 5.69 Å². The van der Waals surface area contributed by atoms with Gasteiger partial charge in [-0.05, 0) is 83.5 Å². The average molecular weight is 597 g/mol. The molecular weight excluding hydrogens is 559 g/mol. The molecule has 11 nitrogen and oxygen atoms in total. The number of nitrogens with one attached hydrogen (secondary N) is 2. The molecule has 3 rings (SSSR count). The summed E-state index contributed by atoms with van der Waals surface area (Å²) in [4.78, 5) is 29.1. The maximum atomic E-state index is 14.1. The number of hydrogen-bond acceptors (Lipinski definition) is 9. The van der Waals surface area contributed by atoms with E-state index in [-0.39, 0.29) is 5.96 Å². The molecule has 0 heterocycles. The summed E-state index contributed by atoms with van der Waals surface area (Å²) >= 11 is 0. The Balaban J connectivity index is 1.88. The van der Waals surface area contributed by atoms with Gasteiger partial charge in [-0.2, -0.15) is 0 Å². The molecule has 2 amide bonds. The fraction of sp³-hybridized carbons (Fsp3) is 0.300. The smallest absolute Gasteiger partial charge is 0.444 e. The second-order valence-corrected chi connectivity index (χ2v) is 13.1. The number of rotatable bonds is 7. The van der Waals surface area contributed by atoms with E-state index in [1.807, 2.05) is 0 Å². The highest BCUT2D eigenvalue weighted by Crippen LogP contribution is 2.57. The molecule has 0 radical (unpaired) electrons. The SMILES string of the molecule is CC(C)(C)OC(=O)NC(=Nc1ccc(C(N)P(=O)(Oc2ccccc2)Oc2ccccc2)cc1)NC(=O)OC(C)(C)C. The Kier molecular flexibility index (Phi) is 10.4. The van der Waals surface area contributed by atoms with Gasteiger partial charge >= 0.3 is 19.8 Å². The summed E-state index contributed by atoms with van der Waals surface area (Å²) in [7, 11) is -4.00. The monoisotopic (exact) mass is 596 g/mol. The molecule has 0 bridgehead atoms. The summed E-state index contributed by atoms with van der Waals surface area (Å²) in [5.74, 6) is -0.727. The Morgan fingerprint density at radius 1 is 0.714 bits per heavy atom. The molecule has 3 aromatic rings. The zero-order valence-electron chi connectivity index (χ0n) is 24.5. The average Bonchev–Trinajstić information content (AvgIpc) is 2.87. The zero-order valence-corrected chi connectivity index (χ0v) is 25.4. The number of nitrogens with zero attached hydrogens (tertiary/aromatic N) is 1. The van der Waals surface area contributed by atoms with E-state index < -0.39 is 36.8 Å². The molecule has 1 atom stereocenters. The van der Waals surface area contributed by atoms with Gasteiger partial charge in [-0.3, -0.25) is 10.6 Å². The summed E-state index contributed by atoms with van der Waals surface area (Å²) in [5.41, 5.74) is 5.68. The Morgan fingerprint density at radius 2 is 1.12 bits per heavy atom. The number of alkyl carbamates (subject to hydrolysis) is 2. The standard InChI is InChI=1S/C30H37N4O7P/c1-29(2,3)38-27(35)33-26(34-28(36)39-30(4,5)6)32-22-19-17-21(18-20-22)25(31)42(37,40-23-13-9-7-10-14-23)41-24-15-11-8-12-16-24/h7-20,25H,31H2,1-6H3,(H2,32,33,34,35,36). The summed E-state index contributed by atoms with van der Waals surface area (Å²) in [6.07, 6.45) is -1.65. The molecule has 3 aromatic carbocycles. The Hall–Kier alpha value is -4.34. The Labute approximate surface area is 245 Å². The van der Waals surface area contributed by atoms with E-state index in [0.29, 0.717) is 22.7 Å². The first-order chi connectivity index (χ1) is 19.6. The van der Waals surface area contributed by atoms with Gasteiger partial charge in [0.15, 0.2) is 5.78 Å². The lowest BCUT2D eigenvalue weighted by molar-refractivity contribution is 0.0545. The second kappa shape index (κ2) is 13.5. The minimum Gasteiger partial charge on any atom is -0.444 e. The molecule has 0 aromatic heterocycles. The van der Waals surface area contributed by atoms with Crippen LogP contribution >= 0.6 is 7.60 Å². The molecule has 0 aliphatic carbocycles. The van der Waals surface area contributed by atoms with E-state index in [1.165, 1.54) is 0 Å². The van der Waals surface area contributed by atoms with Crippen LogP contribution in [0.5, 0.6) is 11.5 Å². The van der Waals surface area contributed by atoms with Crippen molar-refractivity contribution in [2.24, 2.45) is 10.7 Å². The van der Waals surface area contributed by atoms with Gasteiger partial charge in [0.1, 0.15) is 22.7 Å². The van der Waals surface area contributed by atoms with E-state index in [2.05, 4.69) is 15.6 Å². The van der Waals surface area contributed by atoms with Crippen molar-refractivity contribution in [3.05, 3.63) is 90.5 Å². The van der Waals surface area contributed by atoms with E-state index in [0.717, 1.165) is 0 Å². The van der Waals surface area contributed by atoms with Crippen LogP contribution in [0.15, 0.2) is 89.9 Å². The highest BCUT2D eigenvalue weighted by Gasteiger charge is 2.38. The zero-order chi connectivity index (χ0) is 31.0. The molecule has 0 spiro atoms. The van der Waals surface area contributed by atoms with Gasteiger partial charge in [0.2, 0.25) is 5.96 Å². The largest absolute Gasteiger partial charge is 0.451 e. The molecule has 224 valence electrons. The lowest BCUT2D eigenvalue weighted by Gasteiger charge is -2.25. The lowest BCUT2D eigenvalue weighted by Crippen LogP contribution is -2.47. The highest BCUT2D eigenvalue weighted by molar-refractivity contribution is 7.55. The number of benzene rings is 3. The predicted octanol–water partition coefficient (Wildman–Crippen LogP) is 7.03. The molecule has 0 fully saturated rings. The van der Waals surface area contributed by atoms with Crippen molar-refractivity contribution in [3.8, 4) is 11.5 Å².